The molecular weight excluding hydrogens is 276 g/mol. The summed E-state index contributed by atoms with van der Waals surface area (Å²) < 4.78 is 6.27. The molecule has 22 heavy (non-hydrogen) atoms. The molecule has 1 aromatic carbocycles. The highest BCUT2D eigenvalue weighted by atomic mass is 16.5. The topological polar surface area (TPSA) is 49.7 Å². The van der Waals surface area contributed by atoms with Crippen molar-refractivity contribution in [2.75, 3.05) is 6.61 Å². The normalized spacial score (nSPS) is 25.7. The van der Waals surface area contributed by atoms with Crippen molar-refractivity contribution in [3.63, 3.8) is 0 Å². The Labute approximate surface area is 132 Å². The SMILES string of the molecule is CCCc1cc(O)c2c(c1)OC(C)(C)[C@H]1CC=C(CO)C[C@H]21. The van der Waals surface area contributed by atoms with Gasteiger partial charge in [-0.2, -0.15) is 0 Å². The summed E-state index contributed by atoms with van der Waals surface area (Å²) in [7, 11) is 0. The molecule has 2 aliphatic rings. The van der Waals surface area contributed by atoms with Gasteiger partial charge in [-0.1, -0.05) is 19.4 Å². The van der Waals surface area contributed by atoms with Gasteiger partial charge >= 0.3 is 0 Å². The Balaban J connectivity index is 2.07. The van der Waals surface area contributed by atoms with Crippen molar-refractivity contribution in [2.45, 2.75) is 58.0 Å². The lowest BCUT2D eigenvalue weighted by Gasteiger charge is -2.47. The van der Waals surface area contributed by atoms with Gasteiger partial charge in [0, 0.05) is 17.4 Å². The van der Waals surface area contributed by atoms with Crippen LogP contribution >= 0.6 is 0 Å². The molecule has 2 atom stereocenters. The molecule has 1 heterocycles. The van der Waals surface area contributed by atoms with Gasteiger partial charge < -0.3 is 14.9 Å². The summed E-state index contributed by atoms with van der Waals surface area (Å²) in [4.78, 5) is 0. The van der Waals surface area contributed by atoms with Crippen molar-refractivity contribution < 1.29 is 14.9 Å². The van der Waals surface area contributed by atoms with Crippen molar-refractivity contribution in [3.8, 4) is 11.5 Å². The molecule has 1 aliphatic heterocycles. The molecule has 0 saturated carbocycles. The van der Waals surface area contributed by atoms with E-state index < -0.39 is 0 Å². The summed E-state index contributed by atoms with van der Waals surface area (Å²) in [6.07, 6.45) is 5.83. The third-order valence-electron chi connectivity index (χ3n) is 5.19. The zero-order valence-corrected chi connectivity index (χ0v) is 13.7. The second-order valence-electron chi connectivity index (χ2n) is 7.16. The summed E-state index contributed by atoms with van der Waals surface area (Å²) in [5.74, 6) is 1.74. The summed E-state index contributed by atoms with van der Waals surface area (Å²) >= 11 is 0. The molecule has 2 N–H and O–H groups in total. The maximum atomic E-state index is 10.6. The van der Waals surface area contributed by atoms with Crippen LogP contribution in [0.1, 0.15) is 57.1 Å². The standard InChI is InChI=1S/C19H26O3/c1-4-5-12-9-16(21)18-14-8-13(11-20)6-7-15(14)19(2,3)22-17(18)10-12/h6,9-10,14-15,20-21H,4-5,7-8,11H2,1-3H3/t14-,15-/m0/s1. The Hall–Kier alpha value is -1.48. The molecule has 0 bridgehead atoms. The van der Waals surface area contributed by atoms with Crippen LogP contribution < -0.4 is 4.74 Å². The van der Waals surface area contributed by atoms with Crippen molar-refractivity contribution >= 4 is 0 Å². The number of aromatic hydroxyl groups is 1. The van der Waals surface area contributed by atoms with Crippen molar-refractivity contribution in [3.05, 3.63) is 34.9 Å². The number of aliphatic hydroxyl groups is 1. The first kappa shape index (κ1) is 15.4. The number of hydrogen-bond acceptors (Lipinski definition) is 3. The summed E-state index contributed by atoms with van der Waals surface area (Å²) in [5, 5.41) is 20.1. The summed E-state index contributed by atoms with van der Waals surface area (Å²) in [5.41, 5.74) is 2.87. The quantitative estimate of drug-likeness (QED) is 0.832. The number of aryl methyl sites for hydroxylation is 1. The predicted octanol–water partition coefficient (Wildman–Crippen LogP) is 3.93. The summed E-state index contributed by atoms with van der Waals surface area (Å²) in [6.45, 7) is 6.51. The molecule has 3 heteroatoms. The van der Waals surface area contributed by atoms with Crippen LogP contribution in [-0.2, 0) is 6.42 Å². The first-order chi connectivity index (χ1) is 10.5. The van der Waals surface area contributed by atoms with E-state index in [0.717, 1.165) is 48.1 Å². The lowest BCUT2D eigenvalue weighted by Crippen LogP contribution is -2.45. The van der Waals surface area contributed by atoms with Crippen LogP contribution in [0.3, 0.4) is 0 Å². The number of benzene rings is 1. The molecule has 0 aromatic heterocycles. The largest absolute Gasteiger partial charge is 0.508 e. The molecule has 1 aromatic rings. The van der Waals surface area contributed by atoms with Crippen LogP contribution in [0.5, 0.6) is 11.5 Å². The lowest BCUT2D eigenvalue weighted by molar-refractivity contribution is 0.00674. The lowest BCUT2D eigenvalue weighted by atomic mass is 9.67. The van der Waals surface area contributed by atoms with Gasteiger partial charge in [-0.25, -0.2) is 0 Å². The van der Waals surface area contributed by atoms with Crippen molar-refractivity contribution in [1.82, 2.24) is 0 Å². The van der Waals surface area contributed by atoms with Crippen LogP contribution in [0, 0.1) is 5.92 Å². The second-order valence-corrected chi connectivity index (χ2v) is 7.16. The molecular formula is C19H26O3. The first-order valence-corrected chi connectivity index (χ1v) is 8.29. The Morgan fingerprint density at radius 3 is 2.77 bits per heavy atom. The van der Waals surface area contributed by atoms with Gasteiger partial charge in [-0.15, -0.1) is 0 Å². The number of phenols is 1. The maximum Gasteiger partial charge on any atom is 0.127 e. The number of ether oxygens (including phenoxy) is 1. The van der Waals surface area contributed by atoms with E-state index in [0.29, 0.717) is 11.7 Å². The number of rotatable bonds is 3. The number of aliphatic hydroxyl groups excluding tert-OH is 1. The third-order valence-corrected chi connectivity index (χ3v) is 5.19. The molecule has 0 amide bonds. The molecule has 0 spiro atoms. The fourth-order valence-corrected chi connectivity index (χ4v) is 4.08. The molecule has 3 rings (SSSR count). The van der Waals surface area contributed by atoms with Gasteiger partial charge in [-0.3, -0.25) is 0 Å². The van der Waals surface area contributed by atoms with Crippen LogP contribution in [0.2, 0.25) is 0 Å². The van der Waals surface area contributed by atoms with Gasteiger partial charge in [-0.05, 0) is 56.4 Å². The minimum absolute atomic E-state index is 0.106. The third kappa shape index (κ3) is 2.52. The molecule has 0 radical (unpaired) electrons. The minimum Gasteiger partial charge on any atom is -0.508 e. The van der Waals surface area contributed by atoms with E-state index in [1.54, 1.807) is 0 Å². The first-order valence-electron chi connectivity index (χ1n) is 8.29. The van der Waals surface area contributed by atoms with Gasteiger partial charge in [0.2, 0.25) is 0 Å². The number of allylic oxidation sites excluding steroid dienone is 1. The average Bonchev–Trinajstić information content (AvgIpc) is 2.45. The minimum atomic E-state index is -0.258. The Bertz CT molecular complexity index is 601. The van der Waals surface area contributed by atoms with Gasteiger partial charge in [0.1, 0.15) is 17.1 Å². The van der Waals surface area contributed by atoms with E-state index in [2.05, 4.69) is 32.9 Å². The fraction of sp³-hybridized carbons (Fsp3) is 0.579. The highest BCUT2D eigenvalue weighted by Gasteiger charge is 2.45. The summed E-state index contributed by atoms with van der Waals surface area (Å²) in [6, 6.07) is 3.98. The molecule has 1 aliphatic carbocycles. The van der Waals surface area contributed by atoms with Gasteiger partial charge in [0.05, 0.1) is 6.61 Å². The zero-order valence-electron chi connectivity index (χ0n) is 13.7. The molecule has 0 saturated heterocycles. The Morgan fingerprint density at radius 2 is 2.09 bits per heavy atom. The molecule has 0 fully saturated rings. The van der Waals surface area contributed by atoms with Gasteiger partial charge in [0.15, 0.2) is 0 Å². The molecule has 120 valence electrons. The average molecular weight is 302 g/mol. The van der Waals surface area contributed by atoms with E-state index in [4.69, 9.17) is 4.74 Å². The van der Waals surface area contributed by atoms with Crippen LogP contribution in [-0.4, -0.2) is 22.4 Å². The van der Waals surface area contributed by atoms with Crippen LogP contribution in [0.25, 0.3) is 0 Å². The van der Waals surface area contributed by atoms with E-state index in [9.17, 15) is 10.2 Å². The van der Waals surface area contributed by atoms with Crippen molar-refractivity contribution in [1.29, 1.82) is 0 Å². The molecule has 3 nitrogen and oxygen atoms in total. The Kier molecular flexibility index (Phi) is 3.94. The monoisotopic (exact) mass is 302 g/mol. The van der Waals surface area contributed by atoms with Crippen molar-refractivity contribution in [2.24, 2.45) is 5.92 Å². The van der Waals surface area contributed by atoms with E-state index in [1.807, 2.05) is 6.07 Å². The van der Waals surface area contributed by atoms with Gasteiger partial charge in [0.25, 0.3) is 0 Å². The number of hydrogen-bond donors (Lipinski definition) is 2. The number of phenolic OH excluding ortho intramolecular Hbond substituents is 1. The molecule has 0 unspecified atom stereocenters. The van der Waals surface area contributed by atoms with E-state index in [1.165, 1.54) is 0 Å². The van der Waals surface area contributed by atoms with Crippen LogP contribution in [0.15, 0.2) is 23.8 Å². The fourth-order valence-electron chi connectivity index (χ4n) is 4.08. The zero-order chi connectivity index (χ0) is 15.9. The highest BCUT2D eigenvalue weighted by Crippen LogP contribution is 2.54. The van der Waals surface area contributed by atoms with E-state index >= 15 is 0 Å². The predicted molar refractivity (Wildman–Crippen MR) is 87.4 cm³/mol. The van der Waals surface area contributed by atoms with Crippen LogP contribution in [0.4, 0.5) is 0 Å². The highest BCUT2D eigenvalue weighted by molar-refractivity contribution is 5.52. The Morgan fingerprint density at radius 1 is 1.32 bits per heavy atom. The maximum absolute atomic E-state index is 10.6. The smallest absolute Gasteiger partial charge is 0.127 e. The van der Waals surface area contributed by atoms with E-state index in [-0.39, 0.29) is 18.1 Å². The number of fused-ring (bicyclic) bond motifs is 3. The second kappa shape index (κ2) is 5.62.